The molecule has 0 radical (unpaired) electrons. The van der Waals surface area contributed by atoms with Gasteiger partial charge in [0.05, 0.1) is 30.4 Å². The second-order valence-corrected chi connectivity index (χ2v) is 8.76. The fraction of sp³-hybridized carbons (Fsp3) is 0.357. The fourth-order valence-electron chi connectivity index (χ4n) is 4.41. The summed E-state index contributed by atoms with van der Waals surface area (Å²) in [5.41, 5.74) is 2.87. The predicted molar refractivity (Wildman–Crippen MR) is 132 cm³/mol. The number of nitrogens with zero attached hydrogens (tertiary/aromatic N) is 3. The van der Waals surface area contributed by atoms with E-state index >= 15 is 0 Å². The smallest absolute Gasteiger partial charge is 0.234 e. The van der Waals surface area contributed by atoms with E-state index < -0.39 is 6.10 Å². The Kier molecular flexibility index (Phi) is 8.41. The zero-order valence-corrected chi connectivity index (χ0v) is 19.7. The van der Waals surface area contributed by atoms with E-state index in [-0.39, 0.29) is 24.5 Å². The number of carbonyl (C=O) groups excluding carboxylic acids is 1. The van der Waals surface area contributed by atoms with E-state index in [4.69, 9.17) is 4.74 Å². The number of ether oxygens (including phenoxy) is 1. The van der Waals surface area contributed by atoms with Crippen molar-refractivity contribution in [1.29, 1.82) is 0 Å². The van der Waals surface area contributed by atoms with Crippen molar-refractivity contribution in [2.24, 2.45) is 0 Å². The standard InChI is InChI=1S/C28H33N3O3/c1-22(26-14-8-9-15-29-26)34-21-25(32)20-30-16-18-31(19-17-30)28(33)27(23-10-4-2-5-11-23)24-12-6-3-7-13-24/h2-15,22,25,27,32H,16-21H2,1H3. The number of amides is 1. The van der Waals surface area contributed by atoms with E-state index in [1.165, 1.54) is 0 Å². The summed E-state index contributed by atoms with van der Waals surface area (Å²) >= 11 is 0. The van der Waals surface area contributed by atoms with Crippen LogP contribution in [0.1, 0.15) is 35.8 Å². The number of piperazine rings is 1. The number of aliphatic hydroxyl groups is 1. The first-order valence-corrected chi connectivity index (χ1v) is 11.9. The van der Waals surface area contributed by atoms with Crippen LogP contribution in [0.2, 0.25) is 0 Å². The molecule has 1 saturated heterocycles. The van der Waals surface area contributed by atoms with Crippen LogP contribution < -0.4 is 0 Å². The lowest BCUT2D eigenvalue weighted by molar-refractivity contribution is -0.133. The first kappa shape index (κ1) is 24.1. The lowest BCUT2D eigenvalue weighted by atomic mass is 9.90. The predicted octanol–water partition coefficient (Wildman–Crippen LogP) is 3.50. The van der Waals surface area contributed by atoms with E-state index in [0.29, 0.717) is 19.6 Å². The van der Waals surface area contributed by atoms with Crippen LogP contribution in [0.25, 0.3) is 0 Å². The Morgan fingerprint density at radius 2 is 1.50 bits per heavy atom. The maximum atomic E-state index is 13.6. The molecule has 34 heavy (non-hydrogen) atoms. The lowest BCUT2D eigenvalue weighted by Crippen LogP contribution is -2.51. The number of β-amino-alcohol motifs (C(OH)–C–C–N with tert-alkyl or cyclic N) is 1. The molecule has 4 rings (SSSR count). The molecular formula is C28H33N3O3. The Bertz CT molecular complexity index is 969. The van der Waals surface area contributed by atoms with Gasteiger partial charge >= 0.3 is 0 Å². The molecule has 1 N–H and O–H groups in total. The molecule has 1 aliphatic rings. The molecule has 3 aromatic rings. The van der Waals surface area contributed by atoms with Gasteiger partial charge in [-0.2, -0.15) is 0 Å². The molecule has 2 aromatic carbocycles. The van der Waals surface area contributed by atoms with Crippen molar-refractivity contribution in [1.82, 2.24) is 14.8 Å². The van der Waals surface area contributed by atoms with Crippen molar-refractivity contribution in [2.75, 3.05) is 39.3 Å². The number of benzene rings is 2. The monoisotopic (exact) mass is 459 g/mol. The normalized spacial score (nSPS) is 16.4. The van der Waals surface area contributed by atoms with Crippen molar-refractivity contribution in [3.8, 4) is 0 Å². The fourth-order valence-corrected chi connectivity index (χ4v) is 4.41. The third-order valence-corrected chi connectivity index (χ3v) is 6.31. The largest absolute Gasteiger partial charge is 0.389 e. The van der Waals surface area contributed by atoms with Crippen molar-refractivity contribution in [3.05, 3.63) is 102 Å². The minimum absolute atomic E-state index is 0.130. The van der Waals surface area contributed by atoms with Gasteiger partial charge in [-0.15, -0.1) is 0 Å². The third-order valence-electron chi connectivity index (χ3n) is 6.31. The second-order valence-electron chi connectivity index (χ2n) is 8.76. The number of hydrogen-bond acceptors (Lipinski definition) is 5. The molecule has 1 amide bonds. The summed E-state index contributed by atoms with van der Waals surface area (Å²) in [6.07, 6.45) is 0.986. The van der Waals surface area contributed by atoms with Gasteiger partial charge in [0, 0.05) is 38.9 Å². The molecule has 6 heteroatoms. The quantitative estimate of drug-likeness (QED) is 0.531. The molecular weight excluding hydrogens is 426 g/mol. The second kappa shape index (κ2) is 11.9. The average Bonchev–Trinajstić information content (AvgIpc) is 2.89. The zero-order valence-electron chi connectivity index (χ0n) is 19.7. The topological polar surface area (TPSA) is 65.9 Å². The van der Waals surface area contributed by atoms with E-state index in [9.17, 15) is 9.90 Å². The van der Waals surface area contributed by atoms with Gasteiger partial charge in [0.1, 0.15) is 0 Å². The maximum Gasteiger partial charge on any atom is 0.234 e. The summed E-state index contributed by atoms with van der Waals surface area (Å²) in [6, 6.07) is 25.7. The van der Waals surface area contributed by atoms with E-state index in [0.717, 1.165) is 29.9 Å². The summed E-state index contributed by atoms with van der Waals surface area (Å²) in [7, 11) is 0. The SMILES string of the molecule is CC(OCC(O)CN1CCN(C(=O)C(c2ccccc2)c2ccccc2)CC1)c1ccccn1. The summed E-state index contributed by atoms with van der Waals surface area (Å²) in [4.78, 5) is 22.0. The van der Waals surface area contributed by atoms with Crippen LogP contribution in [0.4, 0.5) is 0 Å². The van der Waals surface area contributed by atoms with Gasteiger partial charge in [-0.1, -0.05) is 66.7 Å². The molecule has 1 aliphatic heterocycles. The molecule has 2 atom stereocenters. The van der Waals surface area contributed by atoms with Crippen LogP contribution in [0, 0.1) is 0 Å². The first-order chi connectivity index (χ1) is 16.6. The summed E-state index contributed by atoms with van der Waals surface area (Å²) in [6.45, 7) is 5.47. The minimum Gasteiger partial charge on any atom is -0.389 e. The number of pyridine rings is 1. The number of aromatic nitrogens is 1. The molecule has 1 aromatic heterocycles. The van der Waals surface area contributed by atoms with Crippen molar-refractivity contribution in [3.63, 3.8) is 0 Å². The number of carbonyl (C=O) groups is 1. The number of hydrogen-bond donors (Lipinski definition) is 1. The molecule has 2 heterocycles. The Morgan fingerprint density at radius 1 is 0.912 bits per heavy atom. The van der Waals surface area contributed by atoms with Gasteiger partial charge in [-0.05, 0) is 30.2 Å². The van der Waals surface area contributed by atoms with Crippen molar-refractivity contribution < 1.29 is 14.6 Å². The van der Waals surface area contributed by atoms with Crippen LogP contribution in [0.5, 0.6) is 0 Å². The van der Waals surface area contributed by atoms with Crippen LogP contribution in [0.15, 0.2) is 85.1 Å². The summed E-state index contributed by atoms with van der Waals surface area (Å²) in [5.74, 6) is -0.175. The van der Waals surface area contributed by atoms with Crippen molar-refractivity contribution in [2.45, 2.75) is 25.0 Å². The van der Waals surface area contributed by atoms with Gasteiger partial charge in [0.25, 0.3) is 0 Å². The Morgan fingerprint density at radius 3 is 2.06 bits per heavy atom. The molecule has 0 aliphatic carbocycles. The van der Waals surface area contributed by atoms with Gasteiger partial charge in [-0.25, -0.2) is 0 Å². The third kappa shape index (κ3) is 6.29. The number of aliphatic hydroxyl groups excluding tert-OH is 1. The highest BCUT2D eigenvalue weighted by Gasteiger charge is 2.30. The first-order valence-electron chi connectivity index (χ1n) is 11.9. The number of rotatable bonds is 9. The summed E-state index contributed by atoms with van der Waals surface area (Å²) < 4.78 is 5.82. The van der Waals surface area contributed by atoms with Gasteiger partial charge < -0.3 is 14.7 Å². The molecule has 1 fully saturated rings. The molecule has 2 unspecified atom stereocenters. The summed E-state index contributed by atoms with van der Waals surface area (Å²) in [5, 5.41) is 10.5. The molecule has 0 saturated carbocycles. The maximum absolute atomic E-state index is 13.6. The van der Waals surface area contributed by atoms with Crippen LogP contribution in [-0.4, -0.2) is 71.2 Å². The minimum atomic E-state index is -0.588. The Balaban J connectivity index is 1.29. The molecule has 178 valence electrons. The van der Waals surface area contributed by atoms with Crippen LogP contribution in [-0.2, 0) is 9.53 Å². The highest BCUT2D eigenvalue weighted by Crippen LogP contribution is 2.27. The Hall–Kier alpha value is -3.06. The highest BCUT2D eigenvalue weighted by atomic mass is 16.5. The highest BCUT2D eigenvalue weighted by molar-refractivity contribution is 5.87. The molecule has 0 spiro atoms. The van der Waals surface area contributed by atoms with Crippen LogP contribution >= 0.6 is 0 Å². The zero-order chi connectivity index (χ0) is 23.8. The lowest BCUT2D eigenvalue weighted by Gasteiger charge is -2.37. The van der Waals surface area contributed by atoms with Crippen molar-refractivity contribution >= 4 is 5.91 Å². The van der Waals surface area contributed by atoms with Crippen LogP contribution in [0.3, 0.4) is 0 Å². The van der Waals surface area contributed by atoms with Gasteiger partial charge in [0.2, 0.25) is 5.91 Å². The molecule has 0 bridgehead atoms. The van der Waals surface area contributed by atoms with E-state index in [1.807, 2.05) is 90.7 Å². The average molecular weight is 460 g/mol. The van der Waals surface area contributed by atoms with E-state index in [1.54, 1.807) is 6.20 Å². The van der Waals surface area contributed by atoms with Gasteiger partial charge in [-0.3, -0.25) is 14.7 Å². The van der Waals surface area contributed by atoms with Gasteiger partial charge in [0.15, 0.2) is 0 Å². The Labute approximate surface area is 201 Å². The van der Waals surface area contributed by atoms with E-state index in [2.05, 4.69) is 9.88 Å². The molecule has 6 nitrogen and oxygen atoms in total.